The van der Waals surface area contributed by atoms with Gasteiger partial charge in [-0.3, -0.25) is 4.79 Å². The van der Waals surface area contributed by atoms with Crippen LogP contribution in [0.2, 0.25) is 0 Å². The van der Waals surface area contributed by atoms with Gasteiger partial charge in [0.15, 0.2) is 29.7 Å². The van der Waals surface area contributed by atoms with Crippen LogP contribution in [0.1, 0.15) is 6.92 Å². The quantitative estimate of drug-likeness (QED) is 0.0934. The monoisotopic (exact) mass is 786 g/mol. The van der Waals surface area contributed by atoms with E-state index in [0.29, 0.717) is 0 Å². The number of hydrogen-bond acceptors (Lipinski definition) is 21. The second-order valence-corrected chi connectivity index (χ2v) is 13.2. The van der Waals surface area contributed by atoms with Gasteiger partial charge in [-0.25, -0.2) is 0 Å². The maximum atomic E-state index is 14.3. The number of phenols is 2. The first-order chi connectivity index (χ1) is 26.1. The average Bonchev–Trinajstić information content (AvgIpc) is 3.16. The van der Waals surface area contributed by atoms with Crippen molar-refractivity contribution in [2.45, 2.75) is 99.0 Å². The Labute approximate surface area is 309 Å². The van der Waals surface area contributed by atoms with Gasteiger partial charge in [0, 0.05) is 17.7 Å². The van der Waals surface area contributed by atoms with Crippen LogP contribution >= 0.6 is 0 Å². The fourth-order valence-corrected chi connectivity index (χ4v) is 6.43. The third-order valence-electron chi connectivity index (χ3n) is 9.61. The highest BCUT2D eigenvalue weighted by Crippen LogP contribution is 2.41. The summed E-state index contributed by atoms with van der Waals surface area (Å²) in [6, 6.07) is 5.80. The van der Waals surface area contributed by atoms with Gasteiger partial charge < -0.3 is 98.9 Å². The van der Waals surface area contributed by atoms with Crippen LogP contribution < -0.4 is 19.6 Å². The van der Waals surface area contributed by atoms with Crippen LogP contribution in [0.4, 0.5) is 0 Å². The largest absolute Gasteiger partial charge is 0.507 e. The highest BCUT2D eigenvalue weighted by molar-refractivity contribution is 5.88. The van der Waals surface area contributed by atoms with Crippen molar-refractivity contribution in [3.8, 4) is 40.1 Å². The molecule has 15 unspecified atom stereocenters. The molecule has 3 saturated heterocycles. The van der Waals surface area contributed by atoms with Gasteiger partial charge in [0.05, 0.1) is 26.4 Å². The molecule has 3 fully saturated rings. The van der Waals surface area contributed by atoms with Crippen molar-refractivity contribution in [1.82, 2.24) is 0 Å². The Morgan fingerprint density at radius 1 is 0.673 bits per heavy atom. The Morgan fingerprint density at radius 3 is 1.95 bits per heavy atom. The minimum absolute atomic E-state index is 0.00735. The molecule has 0 radical (unpaired) electrons. The van der Waals surface area contributed by atoms with Gasteiger partial charge in [0.25, 0.3) is 0 Å². The Hall–Kier alpha value is -3.91. The molecule has 21 nitrogen and oxygen atoms in total. The fraction of sp³-hybridized carbons (Fsp3) is 0.559. The van der Waals surface area contributed by atoms with Crippen LogP contribution in [-0.2, 0) is 18.9 Å². The van der Waals surface area contributed by atoms with Crippen molar-refractivity contribution < 1.29 is 98.9 Å². The second kappa shape index (κ2) is 16.3. The lowest BCUT2D eigenvalue weighted by atomic mass is 9.97. The molecule has 3 aromatic rings. The minimum atomic E-state index is -2.01. The summed E-state index contributed by atoms with van der Waals surface area (Å²) in [5.74, 6) is -2.58. The number of fused-ring (bicyclic) bond motifs is 1. The summed E-state index contributed by atoms with van der Waals surface area (Å²) in [5, 5.41) is 124. The molecule has 1 aromatic heterocycles. The summed E-state index contributed by atoms with van der Waals surface area (Å²) in [6.07, 6.45) is -25.7. The van der Waals surface area contributed by atoms with Crippen molar-refractivity contribution in [3.63, 3.8) is 0 Å². The molecule has 2 aromatic carbocycles. The summed E-state index contributed by atoms with van der Waals surface area (Å²) in [6.45, 7) is -0.308. The van der Waals surface area contributed by atoms with E-state index in [1.807, 2.05) is 0 Å². The molecule has 6 rings (SSSR count). The first kappa shape index (κ1) is 40.7. The summed E-state index contributed by atoms with van der Waals surface area (Å²) < 4.78 is 45.2. The smallest absolute Gasteiger partial charge is 0.239 e. The summed E-state index contributed by atoms with van der Waals surface area (Å²) in [4.78, 5) is 14.3. The molecule has 0 bridgehead atoms. The van der Waals surface area contributed by atoms with E-state index < -0.39 is 133 Å². The van der Waals surface area contributed by atoms with Gasteiger partial charge in [0.2, 0.25) is 23.8 Å². The van der Waals surface area contributed by atoms with E-state index in [9.17, 15) is 66.1 Å². The molecule has 304 valence electrons. The third kappa shape index (κ3) is 7.65. The number of aliphatic hydroxyl groups is 10. The number of aliphatic hydroxyl groups excluding tert-OH is 10. The van der Waals surface area contributed by atoms with E-state index in [4.69, 9.17) is 37.6 Å². The first-order valence-electron chi connectivity index (χ1n) is 16.9. The summed E-state index contributed by atoms with van der Waals surface area (Å²) >= 11 is 0. The molecular weight excluding hydrogens is 744 g/mol. The molecule has 4 heterocycles. The van der Waals surface area contributed by atoms with Crippen molar-refractivity contribution in [3.05, 3.63) is 40.6 Å². The number of aromatic hydroxyl groups is 2. The van der Waals surface area contributed by atoms with Crippen molar-refractivity contribution in [2.75, 3.05) is 20.3 Å². The number of phenolic OH excluding ortho intramolecular Hbond substituents is 2. The Bertz CT molecular complexity index is 1870. The second-order valence-electron chi connectivity index (χ2n) is 13.2. The standard InChI is InChI=1S/C34H42O21/c1-10-20(39)24(43)27(46)32(49-10)50-12-6-14(38)19-16(7-12)51-29(11-3-4-13(37)15(5-11)48-2)30(23(19)42)54-34-31(26(45)22(41)18(9-36)53-34)55-33-28(47)25(44)21(40)17(8-35)52-33/h3-7,10,17-18,20-22,24-28,31-41,43-47H,8-9H2,1-2H3. The number of ether oxygens (including phenoxy) is 7. The average molecular weight is 787 g/mol. The summed E-state index contributed by atoms with van der Waals surface area (Å²) in [7, 11) is 1.24. The van der Waals surface area contributed by atoms with Crippen LogP contribution in [0.5, 0.6) is 28.7 Å². The minimum Gasteiger partial charge on any atom is -0.507 e. The highest BCUT2D eigenvalue weighted by Gasteiger charge is 2.52. The molecule has 0 spiro atoms. The molecular formula is C34H42O21. The van der Waals surface area contributed by atoms with Gasteiger partial charge in [0.1, 0.15) is 83.5 Å². The van der Waals surface area contributed by atoms with Gasteiger partial charge >= 0.3 is 0 Å². The maximum absolute atomic E-state index is 14.3. The lowest BCUT2D eigenvalue weighted by Gasteiger charge is -2.45. The summed E-state index contributed by atoms with van der Waals surface area (Å²) in [5.41, 5.74) is -1.44. The molecule has 0 amide bonds. The molecule has 21 heteroatoms. The van der Waals surface area contributed by atoms with Gasteiger partial charge in [-0.2, -0.15) is 0 Å². The maximum Gasteiger partial charge on any atom is 0.239 e. The Morgan fingerprint density at radius 2 is 1.29 bits per heavy atom. The van der Waals surface area contributed by atoms with E-state index in [0.717, 1.165) is 12.1 Å². The third-order valence-corrected chi connectivity index (χ3v) is 9.61. The van der Waals surface area contributed by atoms with Crippen LogP contribution in [0, 0.1) is 0 Å². The normalized spacial score (nSPS) is 36.8. The zero-order valence-corrected chi connectivity index (χ0v) is 29.0. The van der Waals surface area contributed by atoms with E-state index in [1.165, 1.54) is 32.2 Å². The topological polar surface area (TPSA) is 338 Å². The first-order valence-corrected chi connectivity index (χ1v) is 16.9. The SMILES string of the molecule is COc1cc(-c2oc3cc(OC4OC(C)C(O)C(O)C4O)cc(O)c3c(=O)c2OC2OC(CO)C(O)C(O)C2OC2OC(CO)C(O)C(O)C2O)ccc1O. The van der Waals surface area contributed by atoms with E-state index in [-0.39, 0.29) is 28.4 Å². The van der Waals surface area contributed by atoms with Gasteiger partial charge in [-0.1, -0.05) is 0 Å². The molecule has 15 atom stereocenters. The molecule has 12 N–H and O–H groups in total. The zero-order chi connectivity index (χ0) is 40.0. The van der Waals surface area contributed by atoms with E-state index in [1.54, 1.807) is 0 Å². The van der Waals surface area contributed by atoms with Crippen molar-refractivity contribution in [2.24, 2.45) is 0 Å². The lowest BCUT2D eigenvalue weighted by Crippen LogP contribution is -2.65. The van der Waals surface area contributed by atoms with Crippen LogP contribution in [0.15, 0.2) is 39.5 Å². The van der Waals surface area contributed by atoms with Crippen LogP contribution in [0.3, 0.4) is 0 Å². The van der Waals surface area contributed by atoms with Crippen molar-refractivity contribution >= 4 is 11.0 Å². The fourth-order valence-electron chi connectivity index (χ4n) is 6.43. The van der Waals surface area contributed by atoms with E-state index >= 15 is 0 Å². The van der Waals surface area contributed by atoms with Gasteiger partial charge in [-0.15, -0.1) is 0 Å². The number of rotatable bonds is 10. The molecule has 0 aliphatic carbocycles. The number of hydrogen-bond donors (Lipinski definition) is 12. The van der Waals surface area contributed by atoms with Crippen molar-refractivity contribution in [1.29, 1.82) is 0 Å². The lowest BCUT2D eigenvalue weighted by molar-refractivity contribution is -0.358. The van der Waals surface area contributed by atoms with Crippen LogP contribution in [-0.4, -0.2) is 174 Å². The predicted octanol–water partition coefficient (Wildman–Crippen LogP) is -3.91. The number of methoxy groups -OCH3 is 1. The van der Waals surface area contributed by atoms with Crippen LogP contribution in [0.25, 0.3) is 22.3 Å². The Kier molecular flexibility index (Phi) is 12.1. The Balaban J connectivity index is 1.44. The zero-order valence-electron chi connectivity index (χ0n) is 29.0. The molecule has 3 aliphatic rings. The van der Waals surface area contributed by atoms with E-state index in [2.05, 4.69) is 0 Å². The highest BCUT2D eigenvalue weighted by atomic mass is 16.8. The predicted molar refractivity (Wildman–Crippen MR) is 178 cm³/mol. The molecule has 55 heavy (non-hydrogen) atoms. The molecule has 3 aliphatic heterocycles. The van der Waals surface area contributed by atoms with Gasteiger partial charge in [-0.05, 0) is 25.1 Å². The molecule has 0 saturated carbocycles. The number of benzene rings is 2.